The quantitative estimate of drug-likeness (QED) is 0.0613. The van der Waals surface area contributed by atoms with Crippen molar-refractivity contribution in [1.29, 1.82) is 0 Å². The van der Waals surface area contributed by atoms with Crippen LogP contribution in [0, 0.1) is 0 Å². The van der Waals surface area contributed by atoms with Crippen LogP contribution in [0.25, 0.3) is 10.9 Å². The summed E-state index contributed by atoms with van der Waals surface area (Å²) in [5, 5.41) is 42.0. The lowest BCUT2D eigenvalue weighted by molar-refractivity contribution is -0.170. The Labute approximate surface area is 335 Å². The normalized spacial score (nSPS) is 16.3. The summed E-state index contributed by atoms with van der Waals surface area (Å²) in [7, 11) is 3.48. The van der Waals surface area contributed by atoms with E-state index < -0.39 is 23.8 Å². The van der Waals surface area contributed by atoms with Crippen molar-refractivity contribution < 1.29 is 43.8 Å². The molecule has 0 spiro atoms. The number of halogens is 2. The van der Waals surface area contributed by atoms with Gasteiger partial charge in [-0.15, -0.1) is 22.7 Å². The molecule has 1 aliphatic carbocycles. The Kier molecular flexibility index (Phi) is 14.5. The molecule has 3 aromatic heterocycles. The van der Waals surface area contributed by atoms with Crippen LogP contribution in [0.3, 0.4) is 0 Å². The number of aromatic nitrogens is 1. The minimum absolute atomic E-state index is 0. The van der Waals surface area contributed by atoms with E-state index in [1.54, 1.807) is 24.3 Å². The fourth-order valence-electron chi connectivity index (χ4n) is 6.86. The summed E-state index contributed by atoms with van der Waals surface area (Å²) >= 11 is 9.29. The zero-order valence-electron chi connectivity index (χ0n) is 30.7. The number of carboxylic acids is 1. The fourth-order valence-corrected chi connectivity index (χ4v) is 8.91. The van der Waals surface area contributed by atoms with Crippen molar-refractivity contribution >= 4 is 62.9 Å². The summed E-state index contributed by atoms with van der Waals surface area (Å²) in [5.41, 5.74) is -0.0967. The van der Waals surface area contributed by atoms with E-state index in [0.29, 0.717) is 62.6 Å². The molecule has 5 aromatic rings. The molecule has 1 saturated carbocycles. The molecule has 1 aliphatic rings. The number of fused-ring (bicyclic) bond motifs is 1. The van der Waals surface area contributed by atoms with E-state index in [-0.39, 0.29) is 52.9 Å². The van der Waals surface area contributed by atoms with E-state index >= 15 is 0 Å². The van der Waals surface area contributed by atoms with Gasteiger partial charge in [0, 0.05) is 48.8 Å². The van der Waals surface area contributed by atoms with Crippen LogP contribution in [-0.2, 0) is 26.4 Å². The molecule has 300 valence electrons. The van der Waals surface area contributed by atoms with Crippen LogP contribution in [0.2, 0.25) is 5.02 Å². The number of methoxy groups -OCH3 is 1. The minimum Gasteiger partial charge on any atom is -0.506 e. The Hall–Kier alpha value is -4.55. The molecule has 0 radical (unpaired) electrons. The monoisotopic (exact) mass is 830 g/mol. The molecule has 0 saturated heterocycles. The van der Waals surface area contributed by atoms with Crippen LogP contribution in [-0.4, -0.2) is 83.3 Å². The van der Waals surface area contributed by atoms with Crippen LogP contribution in [0.15, 0.2) is 76.2 Å². The summed E-state index contributed by atoms with van der Waals surface area (Å²) < 4.78 is 17.5. The van der Waals surface area contributed by atoms with Gasteiger partial charge in [-0.2, -0.15) is 0 Å². The van der Waals surface area contributed by atoms with Gasteiger partial charge in [0.15, 0.2) is 0 Å². The molecule has 1 fully saturated rings. The largest absolute Gasteiger partial charge is 0.506 e. The third-order valence-corrected chi connectivity index (χ3v) is 12.1. The number of carbonyl (C=O) groups excluding carboxylic acids is 1. The molecule has 56 heavy (non-hydrogen) atoms. The van der Waals surface area contributed by atoms with E-state index in [9.17, 15) is 29.7 Å². The minimum atomic E-state index is -1.53. The van der Waals surface area contributed by atoms with Gasteiger partial charge in [-0.25, -0.2) is 9.59 Å². The van der Waals surface area contributed by atoms with E-state index in [1.807, 2.05) is 42.1 Å². The van der Waals surface area contributed by atoms with Gasteiger partial charge in [0.25, 0.3) is 0 Å². The molecular weight excluding hydrogens is 787 g/mol. The molecule has 0 aliphatic heterocycles. The number of rotatable bonds is 16. The number of thiophene rings is 2. The standard InChI is InChI=1S/C39H43ClN4O9S2.FH/c1-44(26-8-10-27(11-9-26)53-39(37(48)49,33-5-3-15-54-33)34-6-4-16-55-34)13-14-52-38(50)42-29-20-32(51-2)25(18-28(29)40)21-41-22-31(46)24-17-23-7-12-35(47)43-36(23)30(45)19-24;/h3-7,12,15-20,26-27,31,41,45-46H,8-11,13-14,21-22H2,1-2H3,(H,42,50)(H,43,47)(H,48,49);1H/t26-,27-,31-;/m0./s1. The maximum atomic E-state index is 12.8. The zero-order chi connectivity index (χ0) is 39.1. The van der Waals surface area contributed by atoms with Gasteiger partial charge in [0.1, 0.15) is 18.1 Å². The number of phenolic OH excluding ortho intramolecular Hbond substituents is 1. The van der Waals surface area contributed by atoms with Gasteiger partial charge in [-0.05, 0) is 85.5 Å². The second-order valence-electron chi connectivity index (χ2n) is 13.3. The number of aliphatic hydroxyl groups is 1. The van der Waals surface area contributed by atoms with Gasteiger partial charge < -0.3 is 44.7 Å². The van der Waals surface area contributed by atoms with Gasteiger partial charge in [0.2, 0.25) is 11.2 Å². The average Bonchev–Trinajstić information content (AvgIpc) is 3.92. The lowest BCUT2D eigenvalue weighted by Crippen LogP contribution is -2.45. The number of aromatic hydroxyl groups is 1. The molecule has 2 aromatic carbocycles. The molecular formula is C39H44ClFN4O9S2. The lowest BCUT2D eigenvalue weighted by Gasteiger charge is -2.38. The van der Waals surface area contributed by atoms with Crippen molar-refractivity contribution in [1.82, 2.24) is 15.2 Å². The number of aliphatic hydroxyl groups excluding tert-OH is 1. The maximum Gasteiger partial charge on any atom is 0.411 e. The van der Waals surface area contributed by atoms with Crippen LogP contribution in [0.1, 0.15) is 52.7 Å². The molecule has 0 unspecified atom stereocenters. The second-order valence-corrected chi connectivity index (χ2v) is 15.7. The first-order valence-corrected chi connectivity index (χ1v) is 19.9. The van der Waals surface area contributed by atoms with Crippen molar-refractivity contribution in [3.63, 3.8) is 0 Å². The predicted octanol–water partition coefficient (Wildman–Crippen LogP) is 6.83. The van der Waals surface area contributed by atoms with E-state index in [1.165, 1.54) is 41.9 Å². The molecule has 1 amide bonds. The Bertz CT molecular complexity index is 2110. The highest BCUT2D eigenvalue weighted by Crippen LogP contribution is 2.42. The number of anilines is 1. The second kappa shape index (κ2) is 19.1. The first-order chi connectivity index (χ1) is 26.5. The molecule has 13 nitrogen and oxygen atoms in total. The summed E-state index contributed by atoms with van der Waals surface area (Å²) in [4.78, 5) is 43.1. The summed E-state index contributed by atoms with van der Waals surface area (Å²) in [5.74, 6) is -0.698. The molecule has 6 rings (SSSR count). The number of H-pyrrole nitrogens is 1. The molecule has 1 atom stereocenters. The highest BCUT2D eigenvalue weighted by molar-refractivity contribution is 7.12. The number of nitrogens with zero attached hydrogens (tertiary/aromatic N) is 1. The Morgan fingerprint density at radius 1 is 1.05 bits per heavy atom. The smallest absolute Gasteiger partial charge is 0.411 e. The van der Waals surface area contributed by atoms with Crippen LogP contribution < -0.4 is 20.9 Å². The van der Waals surface area contributed by atoms with Crippen molar-refractivity contribution in [3.8, 4) is 11.5 Å². The Morgan fingerprint density at radius 2 is 1.75 bits per heavy atom. The summed E-state index contributed by atoms with van der Waals surface area (Å²) in [6, 6.07) is 16.8. The third kappa shape index (κ3) is 9.69. The van der Waals surface area contributed by atoms with Gasteiger partial charge in [-0.1, -0.05) is 23.7 Å². The highest BCUT2D eigenvalue weighted by atomic mass is 35.5. The number of phenols is 1. The van der Waals surface area contributed by atoms with Crippen molar-refractivity contribution in [2.24, 2.45) is 0 Å². The number of aromatic amines is 1. The van der Waals surface area contributed by atoms with Gasteiger partial charge >= 0.3 is 12.1 Å². The molecule has 6 N–H and O–H groups in total. The van der Waals surface area contributed by atoms with Crippen molar-refractivity contribution in [2.75, 3.05) is 39.2 Å². The van der Waals surface area contributed by atoms with E-state index in [0.717, 1.165) is 12.8 Å². The van der Waals surface area contributed by atoms with Crippen molar-refractivity contribution in [2.45, 2.75) is 56.1 Å². The summed E-state index contributed by atoms with van der Waals surface area (Å²) in [6.07, 6.45) is 1.18. The lowest BCUT2D eigenvalue weighted by atomic mass is 9.90. The van der Waals surface area contributed by atoms with Crippen LogP contribution in [0.5, 0.6) is 11.5 Å². The molecule has 0 bridgehead atoms. The van der Waals surface area contributed by atoms with Crippen LogP contribution >= 0.6 is 34.3 Å². The first-order valence-electron chi connectivity index (χ1n) is 17.7. The Balaban J connectivity index is 0.00000600. The predicted molar refractivity (Wildman–Crippen MR) is 215 cm³/mol. The van der Waals surface area contributed by atoms with Gasteiger partial charge in [0.05, 0.1) is 45.3 Å². The van der Waals surface area contributed by atoms with Crippen LogP contribution in [0.4, 0.5) is 15.2 Å². The number of nitrogens with one attached hydrogen (secondary N) is 3. The number of hydrogen-bond donors (Lipinski definition) is 6. The molecule has 17 heteroatoms. The fraction of sp³-hybridized carbons (Fsp3) is 0.359. The van der Waals surface area contributed by atoms with E-state index in [4.69, 9.17) is 25.8 Å². The summed E-state index contributed by atoms with van der Waals surface area (Å²) in [6.45, 7) is 1.06. The Morgan fingerprint density at radius 3 is 2.38 bits per heavy atom. The topological polar surface area (TPSA) is 183 Å². The maximum absolute atomic E-state index is 12.8. The number of carbonyl (C=O) groups is 2. The number of ether oxygens (including phenoxy) is 3. The number of amides is 1. The number of hydrogen-bond acceptors (Lipinski definition) is 12. The highest BCUT2D eigenvalue weighted by Gasteiger charge is 2.48. The van der Waals surface area contributed by atoms with E-state index in [2.05, 4.69) is 20.5 Å². The number of aliphatic carboxylic acids is 1. The van der Waals surface area contributed by atoms with Crippen molar-refractivity contribution in [3.05, 3.63) is 108 Å². The first kappa shape index (κ1) is 42.6. The average molecular weight is 831 g/mol. The molecule has 3 heterocycles. The third-order valence-electron chi connectivity index (χ3n) is 9.80. The zero-order valence-corrected chi connectivity index (χ0v) is 33.0. The number of likely N-dealkylation sites (N-methyl/N-ethyl adjacent to an activating group) is 1. The van der Waals surface area contributed by atoms with Gasteiger partial charge in [-0.3, -0.25) is 14.8 Å². The number of carboxylic acid groups (broad SMARTS) is 1. The SMILES string of the molecule is COc1cc(NC(=O)OCCN(C)[C@H]2CC[C@H](OC(C(=O)O)(c3cccs3)c3cccs3)CC2)c(Cl)cc1CNC[C@H](O)c1cc(O)c2[nH]c(=O)ccc2c1.F. The number of pyridine rings is 1. The number of benzene rings is 2.